The van der Waals surface area contributed by atoms with E-state index in [1.54, 1.807) is 24.3 Å². The van der Waals surface area contributed by atoms with Gasteiger partial charge in [0.05, 0.1) is 28.4 Å². The molecule has 1 aromatic carbocycles. The van der Waals surface area contributed by atoms with Gasteiger partial charge in [-0.2, -0.15) is 0 Å². The summed E-state index contributed by atoms with van der Waals surface area (Å²) in [4.78, 5) is 34.5. The summed E-state index contributed by atoms with van der Waals surface area (Å²) in [6, 6.07) is 12.7. The molecule has 0 saturated heterocycles. The number of rotatable bonds is 6. The molecule has 1 amide bonds. The van der Waals surface area contributed by atoms with E-state index in [1.165, 1.54) is 46.4 Å². The van der Waals surface area contributed by atoms with Crippen molar-refractivity contribution in [3.63, 3.8) is 0 Å². The number of carbonyl (C=O) groups excluding carboxylic acids is 2. The summed E-state index contributed by atoms with van der Waals surface area (Å²) in [6.07, 6.45) is 1.75. The summed E-state index contributed by atoms with van der Waals surface area (Å²) in [5.74, 6) is 0.428. The summed E-state index contributed by atoms with van der Waals surface area (Å²) in [5.41, 5.74) is 0.882. The number of aliphatic imine (C=N–C) groups is 1. The van der Waals surface area contributed by atoms with E-state index in [0.717, 1.165) is 9.75 Å². The zero-order valence-electron chi connectivity index (χ0n) is 16.6. The third-order valence-electron chi connectivity index (χ3n) is 4.39. The molecule has 0 radical (unpaired) electrons. The van der Waals surface area contributed by atoms with Gasteiger partial charge in [-0.3, -0.25) is 14.5 Å². The average Bonchev–Trinajstić information content (AvgIpc) is 3.48. The number of halogens is 1. The lowest BCUT2D eigenvalue weighted by atomic mass is 10.2. The number of ketones is 1. The Morgan fingerprint density at radius 3 is 2.77 bits per heavy atom. The first-order valence-corrected chi connectivity index (χ1v) is 12.3. The molecule has 0 saturated carbocycles. The second-order valence-corrected chi connectivity index (χ2v) is 10.1. The number of thioether (sulfide) groups is 1. The third kappa shape index (κ3) is 4.77. The van der Waals surface area contributed by atoms with Crippen LogP contribution < -0.4 is 9.64 Å². The summed E-state index contributed by atoms with van der Waals surface area (Å²) < 4.78 is 5.21. The maximum absolute atomic E-state index is 13.2. The maximum Gasteiger partial charge on any atom is 0.283 e. The molecule has 2 aromatic heterocycles. The summed E-state index contributed by atoms with van der Waals surface area (Å²) in [7, 11) is 1.53. The maximum atomic E-state index is 13.2. The number of benzene rings is 1. The molecule has 0 unspecified atom stereocenters. The van der Waals surface area contributed by atoms with E-state index in [4.69, 9.17) is 16.3 Å². The zero-order valence-corrected chi connectivity index (χ0v) is 19.8. The van der Waals surface area contributed by atoms with E-state index in [2.05, 4.69) is 4.99 Å². The van der Waals surface area contributed by atoms with Gasteiger partial charge in [0, 0.05) is 9.75 Å². The normalized spacial score (nSPS) is 14.9. The van der Waals surface area contributed by atoms with E-state index >= 15 is 0 Å². The van der Waals surface area contributed by atoms with Crippen LogP contribution >= 0.6 is 46.0 Å². The molecule has 3 aromatic rings. The van der Waals surface area contributed by atoms with Crippen LogP contribution in [0.3, 0.4) is 0 Å². The molecule has 0 atom stereocenters. The van der Waals surface area contributed by atoms with Crippen LogP contribution in [0.15, 0.2) is 58.5 Å². The molecule has 5 nitrogen and oxygen atoms in total. The fourth-order valence-corrected chi connectivity index (χ4v) is 5.60. The number of carbonyl (C=O) groups is 2. The fourth-order valence-electron chi connectivity index (χ4n) is 2.91. The van der Waals surface area contributed by atoms with Crippen LogP contribution in [-0.2, 0) is 4.79 Å². The first-order valence-electron chi connectivity index (χ1n) is 9.20. The molecule has 158 valence electrons. The van der Waals surface area contributed by atoms with Crippen molar-refractivity contribution in [2.75, 3.05) is 17.8 Å². The Morgan fingerprint density at radius 2 is 2.13 bits per heavy atom. The Hall–Kier alpha value is -2.39. The van der Waals surface area contributed by atoms with Gasteiger partial charge in [-0.15, -0.1) is 22.7 Å². The molecular formula is C22H17ClN2O3S3. The minimum absolute atomic E-state index is 0.00153. The van der Waals surface area contributed by atoms with Crippen LogP contribution in [0.2, 0.25) is 5.02 Å². The molecule has 31 heavy (non-hydrogen) atoms. The summed E-state index contributed by atoms with van der Waals surface area (Å²) >= 11 is 10.5. The van der Waals surface area contributed by atoms with Crippen molar-refractivity contribution in [1.29, 1.82) is 0 Å². The van der Waals surface area contributed by atoms with Crippen LogP contribution in [-0.4, -0.2) is 29.7 Å². The fraction of sp³-hybridized carbons (Fsp3) is 0.136. The number of ether oxygens (including phenoxy) is 1. The Bertz CT molecular complexity index is 1200. The first kappa shape index (κ1) is 21.8. The number of anilines is 1. The van der Waals surface area contributed by atoms with Gasteiger partial charge in [-0.25, -0.2) is 4.99 Å². The predicted octanol–water partition coefficient (Wildman–Crippen LogP) is 6.14. The lowest BCUT2D eigenvalue weighted by molar-refractivity contribution is -0.113. The standard InChI is InChI=1S/C22H17ClN2O3S3/c1-13-5-8-20(31-13)18(26)12-30-22-24-17(11-15-4-3-9-29-15)21(27)25(22)14-6-7-19(28-2)16(23)10-14/h3-11H,12H2,1-2H3/b17-11+. The number of nitrogens with zero attached hydrogens (tertiary/aromatic N) is 2. The summed E-state index contributed by atoms with van der Waals surface area (Å²) in [6.45, 7) is 1.96. The largest absolute Gasteiger partial charge is 0.495 e. The van der Waals surface area contributed by atoms with Crippen molar-refractivity contribution >= 4 is 74.7 Å². The Balaban J connectivity index is 1.64. The average molecular weight is 489 g/mol. The van der Waals surface area contributed by atoms with Gasteiger partial charge in [-0.1, -0.05) is 29.4 Å². The minimum atomic E-state index is -0.267. The van der Waals surface area contributed by atoms with Gasteiger partial charge in [0.15, 0.2) is 11.0 Å². The second kappa shape index (κ2) is 9.40. The Kier molecular flexibility index (Phi) is 6.62. The topological polar surface area (TPSA) is 59.0 Å². The highest BCUT2D eigenvalue weighted by Gasteiger charge is 2.33. The third-order valence-corrected chi connectivity index (χ3v) is 7.49. The number of aryl methyl sites for hydroxylation is 1. The van der Waals surface area contributed by atoms with Gasteiger partial charge in [0.1, 0.15) is 11.4 Å². The molecule has 0 fully saturated rings. The van der Waals surface area contributed by atoms with Crippen molar-refractivity contribution in [1.82, 2.24) is 0 Å². The molecule has 0 aliphatic carbocycles. The lowest BCUT2D eigenvalue weighted by Crippen LogP contribution is -2.30. The molecule has 0 spiro atoms. The minimum Gasteiger partial charge on any atom is -0.495 e. The van der Waals surface area contributed by atoms with Gasteiger partial charge in [0.2, 0.25) is 0 Å². The molecule has 3 heterocycles. The lowest BCUT2D eigenvalue weighted by Gasteiger charge is -2.18. The first-order chi connectivity index (χ1) is 15.0. The SMILES string of the molecule is COc1ccc(N2C(=O)/C(=C\c3cccs3)N=C2SCC(=O)c2ccc(C)s2)cc1Cl. The van der Waals surface area contributed by atoms with E-state index < -0.39 is 0 Å². The highest BCUT2D eigenvalue weighted by atomic mass is 35.5. The van der Waals surface area contributed by atoms with Crippen LogP contribution in [0.25, 0.3) is 6.08 Å². The summed E-state index contributed by atoms with van der Waals surface area (Å²) in [5, 5.41) is 2.77. The van der Waals surface area contributed by atoms with Crippen LogP contribution in [0.1, 0.15) is 19.4 Å². The zero-order chi connectivity index (χ0) is 22.0. The molecule has 9 heteroatoms. The molecule has 1 aliphatic rings. The number of hydrogen-bond donors (Lipinski definition) is 0. The second-order valence-electron chi connectivity index (χ2n) is 6.52. The van der Waals surface area contributed by atoms with Crippen molar-refractivity contribution in [2.24, 2.45) is 4.99 Å². The Morgan fingerprint density at radius 1 is 1.29 bits per heavy atom. The number of Topliss-reactive ketones (excluding diaryl/α,β-unsaturated/α-hetero) is 1. The van der Waals surface area contributed by atoms with Gasteiger partial charge < -0.3 is 4.74 Å². The number of amides is 1. The number of methoxy groups -OCH3 is 1. The highest BCUT2D eigenvalue weighted by molar-refractivity contribution is 8.14. The number of hydrogen-bond acceptors (Lipinski definition) is 7. The van der Waals surface area contributed by atoms with E-state index in [0.29, 0.717) is 32.2 Å². The van der Waals surface area contributed by atoms with E-state index in [1.807, 2.05) is 36.6 Å². The number of amidine groups is 1. The van der Waals surface area contributed by atoms with Crippen LogP contribution in [0, 0.1) is 6.92 Å². The molecule has 0 N–H and O–H groups in total. The van der Waals surface area contributed by atoms with Crippen molar-refractivity contribution in [2.45, 2.75) is 6.92 Å². The molecule has 4 rings (SSSR count). The van der Waals surface area contributed by atoms with Gasteiger partial charge in [0.25, 0.3) is 5.91 Å². The van der Waals surface area contributed by atoms with Crippen molar-refractivity contribution < 1.29 is 14.3 Å². The van der Waals surface area contributed by atoms with Crippen LogP contribution in [0.4, 0.5) is 5.69 Å². The van der Waals surface area contributed by atoms with Crippen molar-refractivity contribution in [3.05, 3.63) is 73.2 Å². The van der Waals surface area contributed by atoms with Gasteiger partial charge >= 0.3 is 0 Å². The predicted molar refractivity (Wildman–Crippen MR) is 131 cm³/mol. The van der Waals surface area contributed by atoms with Gasteiger partial charge in [-0.05, 0) is 54.8 Å². The highest BCUT2D eigenvalue weighted by Crippen LogP contribution is 2.35. The quantitative estimate of drug-likeness (QED) is 0.309. The van der Waals surface area contributed by atoms with E-state index in [9.17, 15) is 9.59 Å². The molecular weight excluding hydrogens is 472 g/mol. The van der Waals surface area contributed by atoms with E-state index in [-0.39, 0.29) is 17.4 Å². The molecule has 1 aliphatic heterocycles. The van der Waals surface area contributed by atoms with Crippen molar-refractivity contribution in [3.8, 4) is 5.75 Å². The monoisotopic (exact) mass is 488 g/mol. The number of thiophene rings is 2. The smallest absolute Gasteiger partial charge is 0.283 e. The molecule has 0 bridgehead atoms. The Labute approximate surface area is 197 Å². The van der Waals surface area contributed by atoms with Crippen LogP contribution in [0.5, 0.6) is 5.75 Å².